The maximum atomic E-state index is 16.6. The number of nitrogens with zero attached hydrogens (tertiary/aromatic N) is 2. The fourth-order valence-electron chi connectivity index (χ4n) is 8.45. The molecule has 0 heterocycles. The molecular weight excluding hydrogens is 753 g/mol. The number of para-hydroxylation sites is 2. The van der Waals surface area contributed by atoms with Gasteiger partial charge < -0.3 is 9.80 Å². The molecule has 10 aromatic rings. The largest absolute Gasteiger partial charge is 0.307 e. The predicted octanol–water partition coefficient (Wildman–Crippen LogP) is 16.0. The molecule has 0 aliphatic rings. The van der Waals surface area contributed by atoms with Gasteiger partial charge in [0.25, 0.3) is 0 Å². The normalized spacial score (nSPS) is 11.5. The van der Waals surface area contributed by atoms with Crippen LogP contribution in [-0.4, -0.2) is 0 Å². The van der Waals surface area contributed by atoms with Crippen LogP contribution in [0.2, 0.25) is 0 Å². The summed E-state index contributed by atoms with van der Waals surface area (Å²) in [5, 5.41) is 5.28. The Hall–Kier alpha value is -7.44. The number of rotatable bonds is 8. The van der Waals surface area contributed by atoms with E-state index in [2.05, 4.69) is 0 Å². The fourth-order valence-corrected chi connectivity index (χ4v) is 8.45. The van der Waals surface area contributed by atoms with Gasteiger partial charge in [0, 0.05) is 45.4 Å². The summed E-state index contributed by atoms with van der Waals surface area (Å²) in [5.41, 5.74) is 6.29. The highest BCUT2D eigenvalue weighted by molar-refractivity contribution is 6.28. The van der Waals surface area contributed by atoms with Crippen molar-refractivity contribution < 1.29 is 17.6 Å². The van der Waals surface area contributed by atoms with Crippen LogP contribution in [0.3, 0.4) is 0 Å². The fraction of sp³-hybridized carbons (Fsp3) is 0.0370. The first-order valence-corrected chi connectivity index (χ1v) is 19.8. The Balaban J connectivity index is 1.18. The van der Waals surface area contributed by atoms with Gasteiger partial charge in [-0.15, -0.1) is 0 Å². The number of hydrogen-bond donors (Lipinski definition) is 0. The number of anilines is 6. The third-order valence-corrected chi connectivity index (χ3v) is 11.4. The molecule has 10 rings (SSSR count). The molecule has 0 N–H and O–H groups in total. The van der Waals surface area contributed by atoms with Crippen LogP contribution in [-0.2, 0) is 0 Å². The number of benzene rings is 10. The molecule has 290 valence electrons. The molecule has 0 fully saturated rings. The van der Waals surface area contributed by atoms with Gasteiger partial charge in [0.05, 0.1) is 22.7 Å². The van der Waals surface area contributed by atoms with Crippen LogP contribution < -0.4 is 9.80 Å². The lowest BCUT2D eigenvalue weighted by atomic mass is 9.91. The van der Waals surface area contributed by atoms with Gasteiger partial charge in [-0.3, -0.25) is 0 Å². The molecule has 0 saturated heterocycles. The molecule has 2 nitrogen and oxygen atoms in total. The first kappa shape index (κ1) is 36.9. The summed E-state index contributed by atoms with van der Waals surface area (Å²) in [5.74, 6) is -2.25. The average molecular weight is 789 g/mol. The van der Waals surface area contributed by atoms with Gasteiger partial charge in [0.2, 0.25) is 0 Å². The maximum absolute atomic E-state index is 16.6. The highest BCUT2D eigenvalue weighted by Crippen LogP contribution is 2.49. The summed E-state index contributed by atoms with van der Waals surface area (Å²) in [6, 6.07) is 54.4. The van der Waals surface area contributed by atoms with E-state index in [1.807, 2.05) is 147 Å². The van der Waals surface area contributed by atoms with Gasteiger partial charge in [-0.05, 0) is 95.1 Å². The lowest BCUT2D eigenvalue weighted by molar-refractivity contribution is 0.604. The summed E-state index contributed by atoms with van der Waals surface area (Å²) in [4.78, 5) is 3.52. The Bertz CT molecular complexity index is 2980. The van der Waals surface area contributed by atoms with Crippen LogP contribution in [0.15, 0.2) is 182 Å². The quantitative estimate of drug-likeness (QED) is 0.112. The minimum atomic E-state index is -0.579. The van der Waals surface area contributed by atoms with Gasteiger partial charge in [-0.2, -0.15) is 0 Å². The van der Waals surface area contributed by atoms with E-state index in [0.717, 1.165) is 43.4 Å². The third kappa shape index (κ3) is 6.29. The van der Waals surface area contributed by atoms with E-state index in [1.165, 1.54) is 24.3 Å². The van der Waals surface area contributed by atoms with Crippen molar-refractivity contribution in [1.29, 1.82) is 0 Å². The molecule has 0 atom stereocenters. The lowest BCUT2D eigenvalue weighted by Crippen LogP contribution is -2.14. The van der Waals surface area contributed by atoms with Gasteiger partial charge in [-0.1, -0.05) is 132 Å². The first-order valence-electron chi connectivity index (χ1n) is 19.8. The van der Waals surface area contributed by atoms with E-state index in [4.69, 9.17) is 0 Å². The zero-order valence-corrected chi connectivity index (χ0v) is 32.7. The van der Waals surface area contributed by atoms with Gasteiger partial charge in [0.1, 0.15) is 23.3 Å². The number of aryl methyl sites for hydroxylation is 2. The lowest BCUT2D eigenvalue weighted by Gasteiger charge is -2.30. The summed E-state index contributed by atoms with van der Waals surface area (Å²) < 4.78 is 65.6. The second-order valence-electron chi connectivity index (χ2n) is 15.2. The predicted molar refractivity (Wildman–Crippen MR) is 240 cm³/mol. The summed E-state index contributed by atoms with van der Waals surface area (Å²) >= 11 is 0. The zero-order valence-electron chi connectivity index (χ0n) is 32.7. The van der Waals surface area contributed by atoms with Crippen molar-refractivity contribution in [2.45, 2.75) is 13.8 Å². The van der Waals surface area contributed by atoms with E-state index in [1.54, 1.807) is 34.1 Å². The molecule has 0 aliphatic carbocycles. The van der Waals surface area contributed by atoms with E-state index >= 15 is 17.6 Å². The van der Waals surface area contributed by atoms with E-state index in [9.17, 15) is 0 Å². The van der Waals surface area contributed by atoms with Gasteiger partial charge in [0.15, 0.2) is 0 Å². The standard InChI is InChI=1S/C54H36F4N2/c1-33-13-17-35(18-14-33)43-29-47(57)51(31-45(43)55)59(39-9-5-3-6-10-39)49-27-23-37-22-26-42-50(28-24-38-21-25-41(49)53(37)54(38)42)60(40-11-7-4-8-12-40)52-32-46(56)44(30-48(52)58)36-19-15-34(2)16-20-36/h3-32H,1-2H3. The number of halogens is 4. The minimum absolute atomic E-state index is 0.0622. The Kier molecular flexibility index (Phi) is 9.06. The minimum Gasteiger partial charge on any atom is -0.307 e. The van der Waals surface area contributed by atoms with E-state index in [0.29, 0.717) is 33.9 Å². The van der Waals surface area contributed by atoms with Crippen LogP contribution in [0.4, 0.5) is 51.7 Å². The van der Waals surface area contributed by atoms with Crippen molar-refractivity contribution in [3.63, 3.8) is 0 Å². The van der Waals surface area contributed by atoms with Gasteiger partial charge in [-0.25, -0.2) is 17.6 Å². The van der Waals surface area contributed by atoms with E-state index in [-0.39, 0.29) is 22.5 Å². The molecule has 0 saturated carbocycles. The van der Waals surface area contributed by atoms with Crippen molar-refractivity contribution in [2.24, 2.45) is 0 Å². The van der Waals surface area contributed by atoms with Crippen LogP contribution in [0, 0.1) is 37.1 Å². The molecule has 0 aromatic heterocycles. The maximum Gasteiger partial charge on any atom is 0.148 e. The Morgan fingerprint density at radius 3 is 1.08 bits per heavy atom. The topological polar surface area (TPSA) is 6.48 Å². The molecule has 0 radical (unpaired) electrons. The molecule has 0 amide bonds. The average Bonchev–Trinajstić information content (AvgIpc) is 3.27. The molecule has 0 bridgehead atoms. The first-order chi connectivity index (χ1) is 29.2. The van der Waals surface area contributed by atoms with Crippen molar-refractivity contribution >= 4 is 66.4 Å². The van der Waals surface area contributed by atoms with Crippen LogP contribution >= 0.6 is 0 Å². The molecule has 60 heavy (non-hydrogen) atoms. The highest BCUT2D eigenvalue weighted by Gasteiger charge is 2.26. The van der Waals surface area contributed by atoms with Crippen molar-refractivity contribution in [3.8, 4) is 22.3 Å². The number of hydrogen-bond acceptors (Lipinski definition) is 2. The SMILES string of the molecule is Cc1ccc(-c2cc(F)c(N(c3ccccc3)c3ccc4ccc5c(N(c6ccccc6)c6cc(F)c(-c7ccc(C)cc7)cc6F)ccc6ccc3c4c65)cc2F)cc1. The summed E-state index contributed by atoms with van der Waals surface area (Å²) in [7, 11) is 0. The monoisotopic (exact) mass is 788 g/mol. The second-order valence-corrected chi connectivity index (χ2v) is 15.2. The second kappa shape index (κ2) is 14.7. The Labute approximate surface area is 345 Å². The van der Waals surface area contributed by atoms with Gasteiger partial charge >= 0.3 is 0 Å². The van der Waals surface area contributed by atoms with Crippen molar-refractivity contribution in [2.75, 3.05) is 9.80 Å². The molecule has 0 unspecified atom stereocenters. The highest BCUT2D eigenvalue weighted by atomic mass is 19.1. The molecular formula is C54H36F4N2. The Morgan fingerprint density at radius 2 is 0.700 bits per heavy atom. The summed E-state index contributed by atoms with van der Waals surface area (Å²) in [6.07, 6.45) is 0. The molecule has 10 aromatic carbocycles. The van der Waals surface area contributed by atoms with Crippen LogP contribution in [0.5, 0.6) is 0 Å². The van der Waals surface area contributed by atoms with Crippen molar-refractivity contribution in [3.05, 3.63) is 216 Å². The molecule has 6 heteroatoms. The third-order valence-electron chi connectivity index (χ3n) is 11.4. The molecule has 0 spiro atoms. The van der Waals surface area contributed by atoms with Crippen molar-refractivity contribution in [1.82, 2.24) is 0 Å². The van der Waals surface area contributed by atoms with Crippen LogP contribution in [0.25, 0.3) is 54.6 Å². The Morgan fingerprint density at radius 1 is 0.333 bits per heavy atom. The summed E-state index contributed by atoms with van der Waals surface area (Å²) in [6.45, 7) is 3.90. The smallest absolute Gasteiger partial charge is 0.148 e. The zero-order chi connectivity index (χ0) is 41.1. The van der Waals surface area contributed by atoms with E-state index < -0.39 is 23.3 Å². The van der Waals surface area contributed by atoms with Crippen LogP contribution in [0.1, 0.15) is 11.1 Å². The molecule has 0 aliphatic heterocycles.